The van der Waals surface area contributed by atoms with Crippen LogP contribution in [0, 0.1) is 0 Å². The summed E-state index contributed by atoms with van der Waals surface area (Å²) < 4.78 is 24.2. The van der Waals surface area contributed by atoms with Gasteiger partial charge in [0.05, 0.1) is 12.8 Å². The van der Waals surface area contributed by atoms with Gasteiger partial charge in [0.15, 0.2) is 5.78 Å². The Kier molecular flexibility index (Phi) is 4.80. The SMILES string of the molecule is CS(=O)(=O)N1CCN(CC(=O)c2ccc(Cl)cc2)CC1. The molecule has 1 fully saturated rings. The van der Waals surface area contributed by atoms with Crippen molar-refractivity contribution in [1.82, 2.24) is 9.21 Å². The van der Waals surface area contributed by atoms with E-state index in [2.05, 4.69) is 0 Å². The van der Waals surface area contributed by atoms with E-state index >= 15 is 0 Å². The van der Waals surface area contributed by atoms with Crippen LogP contribution in [0.2, 0.25) is 5.02 Å². The average Bonchev–Trinajstić information content (AvgIpc) is 2.39. The molecule has 0 unspecified atom stereocenters. The Bertz CT molecular complexity index is 578. The molecular weight excluding hydrogens is 300 g/mol. The third kappa shape index (κ3) is 4.02. The number of nitrogens with zero attached hydrogens (tertiary/aromatic N) is 2. The van der Waals surface area contributed by atoms with Crippen molar-refractivity contribution in [3.8, 4) is 0 Å². The second-order valence-electron chi connectivity index (χ2n) is 4.87. The number of ketones is 1. The number of rotatable bonds is 4. The quantitative estimate of drug-likeness (QED) is 0.781. The fourth-order valence-electron chi connectivity index (χ4n) is 2.15. The van der Waals surface area contributed by atoms with Crippen LogP contribution in [0.1, 0.15) is 10.4 Å². The van der Waals surface area contributed by atoms with Gasteiger partial charge in [-0.05, 0) is 24.3 Å². The zero-order chi connectivity index (χ0) is 14.8. The number of carbonyl (C=O) groups excluding carboxylic acids is 1. The molecule has 1 saturated heterocycles. The highest BCUT2D eigenvalue weighted by atomic mass is 35.5. The highest BCUT2D eigenvalue weighted by Gasteiger charge is 2.24. The van der Waals surface area contributed by atoms with Crippen molar-refractivity contribution in [2.45, 2.75) is 0 Å². The smallest absolute Gasteiger partial charge is 0.211 e. The van der Waals surface area contributed by atoms with Crippen LogP contribution in [0.3, 0.4) is 0 Å². The molecule has 7 heteroatoms. The summed E-state index contributed by atoms with van der Waals surface area (Å²) in [6, 6.07) is 6.79. The van der Waals surface area contributed by atoms with Gasteiger partial charge >= 0.3 is 0 Å². The number of Topliss-reactive ketones (excluding diaryl/α,β-unsaturated/α-hetero) is 1. The van der Waals surface area contributed by atoms with Gasteiger partial charge in [-0.15, -0.1) is 0 Å². The average molecular weight is 317 g/mol. The first-order chi connectivity index (χ1) is 9.36. The topological polar surface area (TPSA) is 57.7 Å². The summed E-state index contributed by atoms with van der Waals surface area (Å²) >= 11 is 5.78. The molecule has 0 bridgehead atoms. The molecule has 1 aliphatic heterocycles. The highest BCUT2D eigenvalue weighted by Crippen LogP contribution is 2.12. The number of benzene rings is 1. The Morgan fingerprint density at radius 2 is 1.70 bits per heavy atom. The fraction of sp³-hybridized carbons (Fsp3) is 0.462. The molecule has 0 N–H and O–H groups in total. The molecule has 110 valence electrons. The summed E-state index contributed by atoms with van der Waals surface area (Å²) in [5, 5.41) is 0.600. The summed E-state index contributed by atoms with van der Waals surface area (Å²) in [4.78, 5) is 14.1. The predicted octanol–water partition coefficient (Wildman–Crippen LogP) is 1.10. The number of sulfonamides is 1. The number of carbonyl (C=O) groups is 1. The Morgan fingerprint density at radius 1 is 1.15 bits per heavy atom. The van der Waals surface area contributed by atoms with Crippen molar-refractivity contribution in [1.29, 1.82) is 0 Å². The maximum atomic E-state index is 12.1. The third-order valence-electron chi connectivity index (χ3n) is 3.33. The van der Waals surface area contributed by atoms with Crippen molar-refractivity contribution in [2.75, 3.05) is 39.0 Å². The van der Waals surface area contributed by atoms with Gasteiger partial charge in [-0.3, -0.25) is 9.69 Å². The second-order valence-corrected chi connectivity index (χ2v) is 7.29. The molecule has 1 aromatic rings. The molecule has 20 heavy (non-hydrogen) atoms. The monoisotopic (exact) mass is 316 g/mol. The summed E-state index contributed by atoms with van der Waals surface area (Å²) in [5.41, 5.74) is 0.625. The van der Waals surface area contributed by atoms with E-state index in [1.807, 2.05) is 4.90 Å². The lowest BCUT2D eigenvalue weighted by Gasteiger charge is -2.32. The molecule has 0 saturated carbocycles. The van der Waals surface area contributed by atoms with Crippen LogP contribution in [0.25, 0.3) is 0 Å². The van der Waals surface area contributed by atoms with Gasteiger partial charge in [0.25, 0.3) is 0 Å². The molecule has 0 spiro atoms. The maximum Gasteiger partial charge on any atom is 0.211 e. The first-order valence-corrected chi connectivity index (χ1v) is 8.55. The third-order valence-corrected chi connectivity index (χ3v) is 4.89. The number of halogens is 1. The first-order valence-electron chi connectivity index (χ1n) is 6.32. The van der Waals surface area contributed by atoms with Crippen LogP contribution in [-0.2, 0) is 10.0 Å². The molecular formula is C13H17ClN2O3S. The number of piperazine rings is 1. The van der Waals surface area contributed by atoms with E-state index in [1.54, 1.807) is 24.3 Å². The fourth-order valence-corrected chi connectivity index (χ4v) is 3.10. The molecule has 2 rings (SSSR count). The van der Waals surface area contributed by atoms with Crippen LogP contribution in [0.4, 0.5) is 0 Å². The van der Waals surface area contributed by atoms with Crippen LogP contribution < -0.4 is 0 Å². The van der Waals surface area contributed by atoms with Gasteiger partial charge in [-0.25, -0.2) is 8.42 Å². The minimum atomic E-state index is -3.13. The standard InChI is InChI=1S/C13H17ClN2O3S/c1-20(18,19)16-8-6-15(7-9-16)10-13(17)11-2-4-12(14)5-3-11/h2-5H,6-10H2,1H3. The maximum absolute atomic E-state index is 12.1. The van der Waals surface area contributed by atoms with Crippen molar-refractivity contribution >= 4 is 27.4 Å². The lowest BCUT2D eigenvalue weighted by atomic mass is 10.1. The van der Waals surface area contributed by atoms with Crippen LogP contribution >= 0.6 is 11.6 Å². The van der Waals surface area contributed by atoms with E-state index in [0.717, 1.165) is 0 Å². The first kappa shape index (κ1) is 15.4. The van der Waals surface area contributed by atoms with E-state index < -0.39 is 10.0 Å². The molecule has 1 aromatic carbocycles. The second kappa shape index (κ2) is 6.22. The van der Waals surface area contributed by atoms with Gasteiger partial charge in [0.2, 0.25) is 10.0 Å². The molecule has 0 amide bonds. The van der Waals surface area contributed by atoms with Gasteiger partial charge in [0.1, 0.15) is 0 Å². The van der Waals surface area contributed by atoms with Crippen LogP contribution in [0.15, 0.2) is 24.3 Å². The Labute approximate surface area is 124 Å². The van der Waals surface area contributed by atoms with Gasteiger partial charge in [-0.1, -0.05) is 11.6 Å². The lowest BCUT2D eigenvalue weighted by molar-refractivity contribution is 0.0902. The van der Waals surface area contributed by atoms with Crippen molar-refractivity contribution in [3.63, 3.8) is 0 Å². The van der Waals surface area contributed by atoms with E-state index in [-0.39, 0.29) is 5.78 Å². The molecule has 0 aliphatic carbocycles. The number of hydrogen-bond acceptors (Lipinski definition) is 4. The van der Waals surface area contributed by atoms with Crippen molar-refractivity contribution < 1.29 is 13.2 Å². The molecule has 0 atom stereocenters. The molecule has 0 radical (unpaired) electrons. The van der Waals surface area contributed by atoms with Crippen LogP contribution in [-0.4, -0.2) is 62.4 Å². The largest absolute Gasteiger partial charge is 0.293 e. The summed E-state index contributed by atoms with van der Waals surface area (Å²) in [6.07, 6.45) is 1.21. The normalized spacial score (nSPS) is 18.1. The number of hydrogen-bond donors (Lipinski definition) is 0. The van der Waals surface area contributed by atoms with Gasteiger partial charge < -0.3 is 0 Å². The van der Waals surface area contributed by atoms with E-state index in [4.69, 9.17) is 11.6 Å². The minimum absolute atomic E-state index is 0.0227. The zero-order valence-corrected chi connectivity index (χ0v) is 12.8. The molecule has 0 aromatic heterocycles. The van der Waals surface area contributed by atoms with Crippen LogP contribution in [0.5, 0.6) is 0 Å². The van der Waals surface area contributed by atoms with Crippen molar-refractivity contribution in [3.05, 3.63) is 34.9 Å². The Morgan fingerprint density at radius 3 is 2.20 bits per heavy atom. The lowest BCUT2D eigenvalue weighted by Crippen LogP contribution is -2.49. The van der Waals surface area contributed by atoms with Gasteiger partial charge in [-0.2, -0.15) is 4.31 Å². The zero-order valence-electron chi connectivity index (χ0n) is 11.3. The van der Waals surface area contributed by atoms with E-state index in [1.165, 1.54) is 10.6 Å². The van der Waals surface area contributed by atoms with E-state index in [0.29, 0.717) is 43.3 Å². The predicted molar refractivity (Wildman–Crippen MR) is 78.6 cm³/mol. The summed E-state index contributed by atoms with van der Waals surface area (Å²) in [6.45, 7) is 2.33. The Hall–Kier alpha value is -0.950. The highest BCUT2D eigenvalue weighted by molar-refractivity contribution is 7.88. The van der Waals surface area contributed by atoms with Crippen molar-refractivity contribution in [2.24, 2.45) is 0 Å². The molecule has 5 nitrogen and oxygen atoms in total. The van der Waals surface area contributed by atoms with Gasteiger partial charge in [0, 0.05) is 36.8 Å². The molecule has 1 heterocycles. The minimum Gasteiger partial charge on any atom is -0.293 e. The summed E-state index contributed by atoms with van der Waals surface area (Å²) in [5.74, 6) is 0.0227. The van der Waals surface area contributed by atoms with E-state index in [9.17, 15) is 13.2 Å². The summed E-state index contributed by atoms with van der Waals surface area (Å²) in [7, 11) is -3.13. The molecule has 1 aliphatic rings. The Balaban J connectivity index is 1.89.